The molecule has 0 atom stereocenters. The number of hydrogen-bond donors (Lipinski definition) is 1. The monoisotopic (exact) mass is 356 g/mol. The van der Waals surface area contributed by atoms with Gasteiger partial charge < -0.3 is 10.2 Å². The summed E-state index contributed by atoms with van der Waals surface area (Å²) in [6, 6.07) is 17.1. The molecule has 0 saturated carbocycles. The smallest absolute Gasteiger partial charge is 0.253 e. The summed E-state index contributed by atoms with van der Waals surface area (Å²) in [5.41, 5.74) is 2.63. The Morgan fingerprint density at radius 2 is 1.60 bits per heavy atom. The van der Waals surface area contributed by atoms with Crippen LogP contribution in [0.15, 0.2) is 54.6 Å². The quantitative estimate of drug-likeness (QED) is 0.776. The zero-order chi connectivity index (χ0) is 18.1. The van der Waals surface area contributed by atoms with E-state index in [0.29, 0.717) is 24.4 Å². The van der Waals surface area contributed by atoms with Crippen LogP contribution in [0.3, 0.4) is 0 Å². The van der Waals surface area contributed by atoms with E-state index in [1.165, 1.54) is 0 Å². The second kappa shape index (κ2) is 9.89. The molecule has 0 heterocycles. The molecule has 2 aromatic carbocycles. The summed E-state index contributed by atoms with van der Waals surface area (Å²) in [5.74, 6) is 1.19. The van der Waals surface area contributed by atoms with Crippen molar-refractivity contribution in [3.8, 4) is 0 Å². The van der Waals surface area contributed by atoms with E-state index in [1.807, 2.05) is 68.4 Å². The van der Waals surface area contributed by atoms with Gasteiger partial charge in [0.1, 0.15) is 0 Å². The molecule has 5 heteroatoms. The Morgan fingerprint density at radius 1 is 0.960 bits per heavy atom. The lowest BCUT2D eigenvalue weighted by atomic mass is 10.1. The van der Waals surface area contributed by atoms with Crippen LogP contribution in [0.5, 0.6) is 0 Å². The van der Waals surface area contributed by atoms with Crippen LogP contribution >= 0.6 is 11.8 Å². The number of para-hydroxylation sites is 1. The summed E-state index contributed by atoms with van der Waals surface area (Å²) in [7, 11) is 0. The Hall–Kier alpha value is -2.27. The van der Waals surface area contributed by atoms with E-state index in [-0.39, 0.29) is 11.8 Å². The Morgan fingerprint density at radius 3 is 2.20 bits per heavy atom. The molecule has 0 fully saturated rings. The van der Waals surface area contributed by atoms with E-state index in [9.17, 15) is 9.59 Å². The number of anilines is 1. The molecule has 2 rings (SSSR count). The van der Waals surface area contributed by atoms with E-state index in [4.69, 9.17) is 0 Å². The second-order valence-corrected chi connectivity index (χ2v) is 6.57. The van der Waals surface area contributed by atoms with Crippen molar-refractivity contribution in [1.29, 1.82) is 0 Å². The molecule has 0 aliphatic heterocycles. The molecular weight excluding hydrogens is 332 g/mol. The third-order valence-corrected chi connectivity index (χ3v) is 4.81. The summed E-state index contributed by atoms with van der Waals surface area (Å²) in [6.45, 7) is 5.38. The Kier molecular flexibility index (Phi) is 7.54. The first-order valence-electron chi connectivity index (χ1n) is 8.45. The van der Waals surface area contributed by atoms with Gasteiger partial charge in [-0.3, -0.25) is 9.59 Å². The fraction of sp³-hybridized carbons (Fsp3) is 0.300. The Labute approximate surface area is 153 Å². The van der Waals surface area contributed by atoms with Gasteiger partial charge >= 0.3 is 0 Å². The van der Waals surface area contributed by atoms with E-state index in [1.54, 1.807) is 16.7 Å². The Bertz CT molecular complexity index is 683. The topological polar surface area (TPSA) is 49.4 Å². The van der Waals surface area contributed by atoms with Crippen LogP contribution in [-0.2, 0) is 10.5 Å². The predicted octanol–water partition coefficient (Wildman–Crippen LogP) is 4.04. The number of carbonyl (C=O) groups excluding carboxylic acids is 2. The summed E-state index contributed by atoms with van der Waals surface area (Å²) < 4.78 is 0. The minimum atomic E-state index is -0.00969. The molecule has 0 unspecified atom stereocenters. The number of rotatable bonds is 8. The fourth-order valence-corrected chi connectivity index (χ4v) is 3.20. The number of nitrogens with zero attached hydrogens (tertiary/aromatic N) is 1. The lowest BCUT2D eigenvalue weighted by molar-refractivity contribution is -0.113. The number of amides is 2. The third-order valence-electron chi connectivity index (χ3n) is 3.81. The van der Waals surface area contributed by atoms with Gasteiger partial charge in [-0.2, -0.15) is 0 Å². The molecule has 0 saturated heterocycles. The normalized spacial score (nSPS) is 10.3. The van der Waals surface area contributed by atoms with Gasteiger partial charge in [0, 0.05) is 30.1 Å². The largest absolute Gasteiger partial charge is 0.339 e. The van der Waals surface area contributed by atoms with Crippen LogP contribution in [0.4, 0.5) is 5.69 Å². The van der Waals surface area contributed by atoms with Gasteiger partial charge in [-0.15, -0.1) is 11.8 Å². The first-order valence-corrected chi connectivity index (χ1v) is 9.60. The van der Waals surface area contributed by atoms with Gasteiger partial charge in [0.2, 0.25) is 5.91 Å². The van der Waals surface area contributed by atoms with Crippen LogP contribution in [0.2, 0.25) is 0 Å². The molecule has 4 nitrogen and oxygen atoms in total. The summed E-state index contributed by atoms with van der Waals surface area (Å²) >= 11 is 1.56. The number of hydrogen-bond acceptors (Lipinski definition) is 3. The maximum atomic E-state index is 12.3. The molecule has 1 N–H and O–H groups in total. The summed E-state index contributed by atoms with van der Waals surface area (Å²) in [5, 5.41) is 2.87. The lowest BCUT2D eigenvalue weighted by Crippen LogP contribution is -2.30. The molecule has 2 aromatic rings. The number of carbonyl (C=O) groups is 2. The highest BCUT2D eigenvalue weighted by molar-refractivity contribution is 7.99. The highest BCUT2D eigenvalue weighted by Gasteiger charge is 2.12. The molecule has 0 bridgehead atoms. The molecule has 0 aliphatic carbocycles. The van der Waals surface area contributed by atoms with Crippen LogP contribution in [-0.4, -0.2) is 35.6 Å². The van der Waals surface area contributed by atoms with Crippen LogP contribution in [0, 0.1) is 0 Å². The van der Waals surface area contributed by atoms with Crippen molar-refractivity contribution >= 4 is 29.3 Å². The van der Waals surface area contributed by atoms with Crippen molar-refractivity contribution in [2.24, 2.45) is 0 Å². The van der Waals surface area contributed by atoms with Crippen LogP contribution in [0.1, 0.15) is 29.8 Å². The van der Waals surface area contributed by atoms with Crippen LogP contribution < -0.4 is 5.32 Å². The van der Waals surface area contributed by atoms with Crippen molar-refractivity contribution in [3.05, 3.63) is 65.7 Å². The first kappa shape index (κ1) is 19.1. The molecule has 0 radical (unpaired) electrons. The van der Waals surface area contributed by atoms with Crippen LogP contribution in [0.25, 0.3) is 0 Å². The van der Waals surface area contributed by atoms with Crippen molar-refractivity contribution < 1.29 is 9.59 Å². The highest BCUT2D eigenvalue weighted by atomic mass is 32.2. The van der Waals surface area contributed by atoms with Crippen molar-refractivity contribution in [2.75, 3.05) is 24.2 Å². The fourth-order valence-electron chi connectivity index (χ4n) is 2.42. The molecule has 132 valence electrons. The molecule has 0 aromatic heterocycles. The van der Waals surface area contributed by atoms with E-state index < -0.39 is 0 Å². The van der Waals surface area contributed by atoms with Crippen molar-refractivity contribution in [2.45, 2.75) is 19.6 Å². The molecule has 0 aliphatic rings. The minimum absolute atomic E-state index is 0.00969. The molecule has 2 amide bonds. The average molecular weight is 356 g/mol. The minimum Gasteiger partial charge on any atom is -0.339 e. The summed E-state index contributed by atoms with van der Waals surface area (Å²) in [6.07, 6.45) is 0. The SMILES string of the molecule is CCN(CC)C(=O)c1ccc(CSCC(=O)Nc2ccccc2)cc1. The van der Waals surface area contributed by atoms with Gasteiger partial charge in [-0.25, -0.2) is 0 Å². The number of thioether (sulfide) groups is 1. The van der Waals surface area contributed by atoms with Gasteiger partial charge in [0.25, 0.3) is 5.91 Å². The molecular formula is C20H24N2O2S. The zero-order valence-corrected chi connectivity index (χ0v) is 15.5. The van der Waals surface area contributed by atoms with Gasteiger partial charge in [-0.05, 0) is 43.7 Å². The van der Waals surface area contributed by atoms with Gasteiger partial charge in [0.05, 0.1) is 5.75 Å². The van der Waals surface area contributed by atoms with Gasteiger partial charge in [0.15, 0.2) is 0 Å². The second-order valence-electron chi connectivity index (χ2n) is 5.58. The van der Waals surface area contributed by atoms with Crippen molar-refractivity contribution in [1.82, 2.24) is 4.90 Å². The lowest BCUT2D eigenvalue weighted by Gasteiger charge is -2.18. The number of benzene rings is 2. The van der Waals surface area contributed by atoms with Crippen molar-refractivity contribution in [3.63, 3.8) is 0 Å². The number of nitrogens with one attached hydrogen (secondary N) is 1. The maximum Gasteiger partial charge on any atom is 0.253 e. The maximum absolute atomic E-state index is 12.3. The van der Waals surface area contributed by atoms with E-state index in [2.05, 4.69) is 5.32 Å². The zero-order valence-electron chi connectivity index (χ0n) is 14.7. The standard InChI is InChI=1S/C20H24N2O2S/c1-3-22(4-2)20(24)17-12-10-16(11-13-17)14-25-15-19(23)21-18-8-6-5-7-9-18/h5-13H,3-4,14-15H2,1-2H3,(H,21,23). The van der Waals surface area contributed by atoms with E-state index in [0.717, 1.165) is 17.0 Å². The molecule has 0 spiro atoms. The summed E-state index contributed by atoms with van der Waals surface area (Å²) in [4.78, 5) is 26.0. The third kappa shape index (κ3) is 5.94. The molecule has 25 heavy (non-hydrogen) atoms. The van der Waals surface area contributed by atoms with Gasteiger partial charge in [-0.1, -0.05) is 30.3 Å². The average Bonchev–Trinajstić information content (AvgIpc) is 2.64. The Balaban J connectivity index is 1.79. The highest BCUT2D eigenvalue weighted by Crippen LogP contribution is 2.15. The van der Waals surface area contributed by atoms with E-state index >= 15 is 0 Å². The predicted molar refractivity (Wildman–Crippen MR) is 105 cm³/mol. The first-order chi connectivity index (χ1) is 12.1.